The van der Waals surface area contributed by atoms with E-state index in [2.05, 4.69) is 15.3 Å². The van der Waals surface area contributed by atoms with Crippen LogP contribution in [0.3, 0.4) is 0 Å². The molecular weight excluding hydrogens is 393 g/mol. The van der Waals surface area contributed by atoms with Crippen LogP contribution >= 0.6 is 0 Å². The predicted molar refractivity (Wildman–Crippen MR) is 86.5 cm³/mol. The van der Waals surface area contributed by atoms with Gasteiger partial charge in [-0.25, -0.2) is 17.6 Å². The molecule has 1 aromatic heterocycles. The smallest absolute Gasteiger partial charge is 0.276 e. The maximum absolute atomic E-state index is 13.8. The van der Waals surface area contributed by atoms with Crippen LogP contribution in [0.4, 0.5) is 36.4 Å². The average molecular weight is 402 g/mol. The van der Waals surface area contributed by atoms with Crippen molar-refractivity contribution in [2.24, 2.45) is 5.10 Å². The topological polar surface area (TPSA) is 53.1 Å². The summed E-state index contributed by atoms with van der Waals surface area (Å²) in [4.78, 5) is 0. The summed E-state index contributed by atoms with van der Waals surface area (Å²) >= 11 is 0. The molecule has 4 nitrogen and oxygen atoms in total. The molecule has 3 aromatic rings. The third kappa shape index (κ3) is 3.55. The van der Waals surface area contributed by atoms with Crippen LogP contribution in [0.1, 0.15) is 11.3 Å². The Kier molecular flexibility index (Phi) is 5.08. The number of hydrogen-bond donors (Lipinski definition) is 2. The zero-order chi connectivity index (χ0) is 20.5. The van der Waals surface area contributed by atoms with Crippen molar-refractivity contribution in [3.8, 4) is 11.1 Å². The number of benzene rings is 2. The van der Waals surface area contributed by atoms with Crippen molar-refractivity contribution in [2.45, 2.75) is 6.18 Å². The van der Waals surface area contributed by atoms with Crippen molar-refractivity contribution in [3.05, 3.63) is 71.1 Å². The van der Waals surface area contributed by atoms with E-state index in [1.165, 1.54) is 6.20 Å². The fraction of sp³-hybridized carbons (Fsp3) is 0.0588. The quantitative estimate of drug-likeness (QED) is 0.276. The van der Waals surface area contributed by atoms with Crippen LogP contribution in [0.2, 0.25) is 0 Å². The number of rotatable bonds is 4. The van der Waals surface area contributed by atoms with E-state index in [4.69, 9.17) is 0 Å². The highest BCUT2D eigenvalue weighted by molar-refractivity contribution is 5.88. The van der Waals surface area contributed by atoms with Gasteiger partial charge in [-0.15, -0.1) is 0 Å². The van der Waals surface area contributed by atoms with Crippen molar-refractivity contribution in [2.75, 3.05) is 5.43 Å². The first kappa shape index (κ1) is 19.4. The van der Waals surface area contributed by atoms with Crippen LogP contribution in [-0.2, 0) is 6.18 Å². The Labute approximate surface area is 152 Å². The number of nitrogens with one attached hydrogen (secondary N) is 2. The zero-order valence-electron chi connectivity index (χ0n) is 13.6. The summed E-state index contributed by atoms with van der Waals surface area (Å²) < 4.78 is 92.5. The lowest BCUT2D eigenvalue weighted by Gasteiger charge is -2.13. The molecule has 2 aromatic carbocycles. The van der Waals surface area contributed by atoms with E-state index in [1.807, 2.05) is 0 Å². The van der Waals surface area contributed by atoms with Gasteiger partial charge in [0.2, 0.25) is 0 Å². The van der Waals surface area contributed by atoms with Gasteiger partial charge < -0.3 is 0 Å². The molecule has 3 rings (SSSR count). The third-order valence-corrected chi connectivity index (χ3v) is 3.67. The third-order valence-electron chi connectivity index (χ3n) is 3.67. The number of anilines is 1. The lowest BCUT2D eigenvalue weighted by molar-refractivity contribution is -0.143. The molecule has 0 atom stereocenters. The van der Waals surface area contributed by atoms with E-state index in [-0.39, 0.29) is 5.69 Å². The van der Waals surface area contributed by atoms with Crippen LogP contribution in [-0.4, -0.2) is 16.4 Å². The van der Waals surface area contributed by atoms with Gasteiger partial charge in [0.15, 0.2) is 23.3 Å². The van der Waals surface area contributed by atoms with E-state index in [9.17, 15) is 30.7 Å². The zero-order valence-corrected chi connectivity index (χ0v) is 13.6. The van der Waals surface area contributed by atoms with Gasteiger partial charge in [-0.2, -0.15) is 23.4 Å². The van der Waals surface area contributed by atoms with E-state index in [0.29, 0.717) is 5.56 Å². The second-order valence-electron chi connectivity index (χ2n) is 5.44. The van der Waals surface area contributed by atoms with E-state index < -0.39 is 40.7 Å². The lowest BCUT2D eigenvalue weighted by Crippen LogP contribution is -2.16. The number of aromatic nitrogens is 2. The summed E-state index contributed by atoms with van der Waals surface area (Å²) in [5, 5.41) is 9.76. The van der Waals surface area contributed by atoms with Crippen LogP contribution in [0, 0.1) is 23.3 Å². The number of hydrazone groups is 1. The molecule has 0 spiro atoms. The Morgan fingerprint density at radius 2 is 1.54 bits per heavy atom. The Morgan fingerprint density at radius 1 is 0.929 bits per heavy atom. The van der Waals surface area contributed by atoms with Crippen LogP contribution < -0.4 is 5.43 Å². The molecule has 0 bridgehead atoms. The molecule has 2 N–H and O–H groups in total. The van der Waals surface area contributed by atoms with Crippen molar-refractivity contribution in [3.63, 3.8) is 0 Å². The molecule has 0 amide bonds. The molecule has 0 aliphatic heterocycles. The highest BCUT2D eigenvalue weighted by atomic mass is 19.4. The second kappa shape index (κ2) is 7.33. The molecule has 146 valence electrons. The summed E-state index contributed by atoms with van der Waals surface area (Å²) in [6, 6.07) is 8.77. The molecule has 0 aliphatic rings. The summed E-state index contributed by atoms with van der Waals surface area (Å²) in [5.41, 5.74) is -0.926. The van der Waals surface area contributed by atoms with Gasteiger partial charge in [0.25, 0.3) is 0 Å². The van der Waals surface area contributed by atoms with Crippen molar-refractivity contribution in [1.82, 2.24) is 10.2 Å². The molecule has 0 aliphatic carbocycles. The van der Waals surface area contributed by atoms with Crippen LogP contribution in [0.5, 0.6) is 0 Å². The monoisotopic (exact) mass is 402 g/mol. The summed E-state index contributed by atoms with van der Waals surface area (Å²) in [6.07, 6.45) is -3.17. The number of H-pyrrole nitrogens is 1. The summed E-state index contributed by atoms with van der Waals surface area (Å²) in [7, 11) is 0. The van der Waals surface area contributed by atoms with Gasteiger partial charge >= 0.3 is 6.18 Å². The molecule has 0 fully saturated rings. The van der Waals surface area contributed by atoms with Gasteiger partial charge in [0, 0.05) is 5.56 Å². The van der Waals surface area contributed by atoms with E-state index in [0.717, 1.165) is 11.8 Å². The molecular formula is C17H9F7N4. The first-order valence-corrected chi connectivity index (χ1v) is 7.52. The highest BCUT2D eigenvalue weighted by Gasteiger charge is 2.42. The van der Waals surface area contributed by atoms with Crippen LogP contribution in [0.25, 0.3) is 11.1 Å². The average Bonchev–Trinajstić information content (AvgIpc) is 3.11. The lowest BCUT2D eigenvalue weighted by atomic mass is 10.1. The number of aromatic amines is 1. The van der Waals surface area contributed by atoms with E-state index >= 15 is 0 Å². The molecule has 0 unspecified atom stereocenters. The molecule has 28 heavy (non-hydrogen) atoms. The SMILES string of the molecule is Fc1c(F)c(C(F)(F)F)c(F)c(F)c1N/N=C\c1[nH]ncc1-c1ccccc1. The van der Waals surface area contributed by atoms with Gasteiger partial charge in [0.05, 0.1) is 18.1 Å². The Morgan fingerprint density at radius 3 is 2.11 bits per heavy atom. The minimum absolute atomic E-state index is 0.271. The molecule has 0 saturated carbocycles. The van der Waals surface area contributed by atoms with Crippen molar-refractivity contribution in [1.29, 1.82) is 0 Å². The number of hydrogen-bond acceptors (Lipinski definition) is 3. The van der Waals surface area contributed by atoms with Gasteiger partial charge in [0.1, 0.15) is 11.3 Å². The van der Waals surface area contributed by atoms with Gasteiger partial charge in [-0.05, 0) is 5.56 Å². The fourth-order valence-corrected chi connectivity index (χ4v) is 2.38. The Balaban J connectivity index is 1.92. The fourth-order valence-electron chi connectivity index (χ4n) is 2.38. The van der Waals surface area contributed by atoms with Crippen molar-refractivity contribution < 1.29 is 30.7 Å². The first-order valence-electron chi connectivity index (χ1n) is 7.52. The standard InChI is InChI=1S/C17H9F7N4/c18-12-11(17(22,23)24)13(19)15(21)16(14(12)20)28-26-7-10-9(6-25-27-10)8-4-2-1-3-5-8/h1-7,28H,(H,25,27)/b26-7-. The highest BCUT2D eigenvalue weighted by Crippen LogP contribution is 2.38. The van der Waals surface area contributed by atoms with Gasteiger partial charge in [-0.1, -0.05) is 30.3 Å². The van der Waals surface area contributed by atoms with E-state index in [1.54, 1.807) is 35.8 Å². The van der Waals surface area contributed by atoms with Gasteiger partial charge in [-0.3, -0.25) is 10.5 Å². The minimum atomic E-state index is -5.61. The summed E-state index contributed by atoms with van der Waals surface area (Å²) in [5.74, 6) is -9.65. The minimum Gasteiger partial charge on any atom is -0.276 e. The Hall–Kier alpha value is -3.37. The second-order valence-corrected chi connectivity index (χ2v) is 5.44. The maximum atomic E-state index is 13.8. The molecule has 1 heterocycles. The van der Waals surface area contributed by atoms with Crippen molar-refractivity contribution >= 4 is 11.9 Å². The predicted octanol–water partition coefficient (Wildman–Crippen LogP) is 5.10. The largest absolute Gasteiger partial charge is 0.422 e. The number of nitrogens with zero attached hydrogens (tertiary/aromatic N) is 2. The summed E-state index contributed by atoms with van der Waals surface area (Å²) in [6.45, 7) is 0. The molecule has 0 saturated heterocycles. The Bertz CT molecular complexity index is 997. The first-order chi connectivity index (χ1) is 13.2. The van der Waals surface area contributed by atoms with Crippen LogP contribution in [0.15, 0.2) is 41.6 Å². The molecule has 11 heteroatoms. The normalized spacial score (nSPS) is 12.0. The number of halogens is 7. The number of alkyl halides is 3. The molecule has 0 radical (unpaired) electrons. The maximum Gasteiger partial charge on any atom is 0.422 e.